The van der Waals surface area contributed by atoms with Crippen LogP contribution in [-0.2, 0) is 0 Å². The summed E-state index contributed by atoms with van der Waals surface area (Å²) in [6, 6.07) is 2.10. The third-order valence-corrected chi connectivity index (χ3v) is 2.81. The van der Waals surface area contributed by atoms with Crippen LogP contribution in [0.4, 0.5) is 0 Å². The Morgan fingerprint density at radius 1 is 1.80 bits per heavy atom. The smallest absolute Gasteiger partial charge is 0.0516 e. The van der Waals surface area contributed by atoms with Crippen LogP contribution in [0, 0.1) is 0 Å². The molecule has 0 radical (unpaired) electrons. The number of hydrogen-bond acceptors (Lipinski definition) is 2. The van der Waals surface area contributed by atoms with E-state index in [1.807, 2.05) is 11.4 Å². The molecule has 1 nitrogen and oxygen atoms in total. The van der Waals surface area contributed by atoms with Crippen LogP contribution < -0.4 is 5.73 Å². The molecular formula is C7H10ClNS. The van der Waals surface area contributed by atoms with E-state index in [9.17, 15) is 0 Å². The number of thiophene rings is 1. The lowest BCUT2D eigenvalue weighted by Crippen LogP contribution is -2.05. The minimum atomic E-state index is 0.164. The van der Waals surface area contributed by atoms with Crippen molar-refractivity contribution in [1.82, 2.24) is 0 Å². The average Bonchev–Trinajstić information content (AvgIpc) is 2.34. The summed E-state index contributed by atoms with van der Waals surface area (Å²) >= 11 is 7.34. The maximum Gasteiger partial charge on any atom is 0.0516 e. The molecule has 1 rings (SSSR count). The summed E-state index contributed by atoms with van der Waals surface area (Å²) in [6.45, 7) is 2.07. The number of nitrogens with two attached hydrogens (primary N) is 1. The minimum absolute atomic E-state index is 0.164. The molecule has 1 aromatic rings. The zero-order valence-corrected chi connectivity index (χ0v) is 7.38. The van der Waals surface area contributed by atoms with Crippen molar-refractivity contribution in [3.8, 4) is 0 Å². The zero-order valence-electron chi connectivity index (χ0n) is 5.80. The second-order valence-electron chi connectivity index (χ2n) is 2.18. The molecule has 0 unspecified atom stereocenters. The monoisotopic (exact) mass is 175 g/mol. The van der Waals surface area contributed by atoms with Crippen molar-refractivity contribution in [3.05, 3.63) is 21.3 Å². The van der Waals surface area contributed by atoms with Crippen LogP contribution >= 0.6 is 22.9 Å². The molecule has 2 N–H and O–H groups in total. The Hall–Kier alpha value is -0.0500. The highest BCUT2D eigenvalue weighted by atomic mass is 35.5. The maximum absolute atomic E-state index is 5.76. The molecule has 0 saturated carbocycles. The SMILES string of the molecule is CC[C@H](N)c1cc(Cl)cs1. The first-order valence-corrected chi connectivity index (χ1v) is 4.49. The van der Waals surface area contributed by atoms with Crippen LogP contribution in [0.2, 0.25) is 5.02 Å². The summed E-state index contributed by atoms with van der Waals surface area (Å²) in [7, 11) is 0. The van der Waals surface area contributed by atoms with Gasteiger partial charge in [-0.25, -0.2) is 0 Å². The lowest BCUT2D eigenvalue weighted by Gasteiger charge is -2.02. The Morgan fingerprint density at radius 2 is 2.50 bits per heavy atom. The number of rotatable bonds is 2. The predicted molar refractivity (Wildman–Crippen MR) is 46.5 cm³/mol. The van der Waals surface area contributed by atoms with Gasteiger partial charge >= 0.3 is 0 Å². The molecule has 1 aromatic heterocycles. The van der Waals surface area contributed by atoms with E-state index < -0.39 is 0 Å². The van der Waals surface area contributed by atoms with E-state index in [0.717, 1.165) is 11.4 Å². The summed E-state index contributed by atoms with van der Waals surface area (Å²) in [5.74, 6) is 0. The van der Waals surface area contributed by atoms with Gasteiger partial charge in [-0.1, -0.05) is 18.5 Å². The van der Waals surface area contributed by atoms with Gasteiger partial charge in [-0.15, -0.1) is 11.3 Å². The van der Waals surface area contributed by atoms with Crippen molar-refractivity contribution in [3.63, 3.8) is 0 Å². The largest absolute Gasteiger partial charge is 0.323 e. The van der Waals surface area contributed by atoms with Crippen LogP contribution in [0.25, 0.3) is 0 Å². The summed E-state index contributed by atoms with van der Waals surface area (Å²) in [5.41, 5.74) is 5.76. The van der Waals surface area contributed by atoms with E-state index in [1.54, 1.807) is 11.3 Å². The van der Waals surface area contributed by atoms with Gasteiger partial charge in [0.25, 0.3) is 0 Å². The van der Waals surface area contributed by atoms with Crippen LogP contribution in [0.5, 0.6) is 0 Å². The van der Waals surface area contributed by atoms with Crippen molar-refractivity contribution < 1.29 is 0 Å². The Labute approximate surface area is 69.8 Å². The van der Waals surface area contributed by atoms with Crippen molar-refractivity contribution in [1.29, 1.82) is 0 Å². The fraction of sp³-hybridized carbons (Fsp3) is 0.429. The van der Waals surface area contributed by atoms with Gasteiger partial charge in [0, 0.05) is 16.3 Å². The minimum Gasteiger partial charge on any atom is -0.323 e. The van der Waals surface area contributed by atoms with Gasteiger partial charge in [0.1, 0.15) is 0 Å². The third-order valence-electron chi connectivity index (χ3n) is 1.39. The lowest BCUT2D eigenvalue weighted by atomic mass is 10.2. The molecule has 0 aliphatic heterocycles. The van der Waals surface area contributed by atoms with E-state index >= 15 is 0 Å². The standard InChI is InChI=1S/C7H10ClNS/c1-2-6(9)7-3-5(8)4-10-7/h3-4,6H,2,9H2,1H3/t6-/m0/s1. The quantitative estimate of drug-likeness (QED) is 0.735. The molecule has 0 aliphatic carbocycles. The first-order valence-electron chi connectivity index (χ1n) is 3.23. The van der Waals surface area contributed by atoms with Gasteiger partial charge in [0.2, 0.25) is 0 Å². The summed E-state index contributed by atoms with van der Waals surface area (Å²) in [5, 5.41) is 2.70. The topological polar surface area (TPSA) is 26.0 Å². The summed E-state index contributed by atoms with van der Waals surface area (Å²) in [4.78, 5) is 1.17. The molecule has 56 valence electrons. The molecule has 0 fully saturated rings. The van der Waals surface area contributed by atoms with E-state index in [-0.39, 0.29) is 6.04 Å². The van der Waals surface area contributed by atoms with Crippen LogP contribution in [-0.4, -0.2) is 0 Å². The van der Waals surface area contributed by atoms with Gasteiger partial charge in [0.15, 0.2) is 0 Å². The van der Waals surface area contributed by atoms with E-state index in [4.69, 9.17) is 17.3 Å². The molecule has 0 aliphatic rings. The van der Waals surface area contributed by atoms with Gasteiger partial charge in [0.05, 0.1) is 5.02 Å². The highest BCUT2D eigenvalue weighted by Gasteiger charge is 2.04. The lowest BCUT2D eigenvalue weighted by molar-refractivity contribution is 0.712. The Balaban J connectivity index is 2.74. The predicted octanol–water partition coefficient (Wildman–Crippen LogP) is 2.81. The summed E-state index contributed by atoms with van der Waals surface area (Å²) < 4.78 is 0. The van der Waals surface area contributed by atoms with Crippen molar-refractivity contribution in [2.75, 3.05) is 0 Å². The molecule has 0 spiro atoms. The Morgan fingerprint density at radius 3 is 2.90 bits per heavy atom. The molecule has 10 heavy (non-hydrogen) atoms. The average molecular weight is 176 g/mol. The first kappa shape index (κ1) is 8.05. The Bertz CT molecular complexity index is 209. The van der Waals surface area contributed by atoms with E-state index in [0.29, 0.717) is 0 Å². The first-order chi connectivity index (χ1) is 4.74. The zero-order chi connectivity index (χ0) is 7.56. The van der Waals surface area contributed by atoms with Gasteiger partial charge in [-0.3, -0.25) is 0 Å². The fourth-order valence-corrected chi connectivity index (χ4v) is 1.89. The van der Waals surface area contributed by atoms with Crippen LogP contribution in [0.15, 0.2) is 11.4 Å². The van der Waals surface area contributed by atoms with Gasteiger partial charge in [-0.2, -0.15) is 0 Å². The third kappa shape index (κ3) is 1.72. The second-order valence-corrected chi connectivity index (χ2v) is 3.56. The Kier molecular flexibility index (Phi) is 2.72. The van der Waals surface area contributed by atoms with E-state index in [1.165, 1.54) is 4.88 Å². The van der Waals surface area contributed by atoms with Crippen molar-refractivity contribution in [2.45, 2.75) is 19.4 Å². The maximum atomic E-state index is 5.76. The number of halogens is 1. The second kappa shape index (κ2) is 3.37. The molecule has 1 atom stereocenters. The normalized spacial score (nSPS) is 13.5. The fourth-order valence-electron chi connectivity index (χ4n) is 0.724. The molecule has 0 amide bonds. The molecule has 0 saturated heterocycles. The molecule has 3 heteroatoms. The highest BCUT2D eigenvalue weighted by Crippen LogP contribution is 2.25. The van der Waals surface area contributed by atoms with Crippen molar-refractivity contribution >= 4 is 22.9 Å². The van der Waals surface area contributed by atoms with E-state index in [2.05, 4.69) is 6.92 Å². The molecule has 1 heterocycles. The highest BCUT2D eigenvalue weighted by molar-refractivity contribution is 7.10. The van der Waals surface area contributed by atoms with Gasteiger partial charge in [-0.05, 0) is 12.5 Å². The van der Waals surface area contributed by atoms with Crippen LogP contribution in [0.1, 0.15) is 24.3 Å². The van der Waals surface area contributed by atoms with Gasteiger partial charge < -0.3 is 5.73 Å². The van der Waals surface area contributed by atoms with Crippen molar-refractivity contribution in [2.24, 2.45) is 5.73 Å². The van der Waals surface area contributed by atoms with Crippen LogP contribution in [0.3, 0.4) is 0 Å². The summed E-state index contributed by atoms with van der Waals surface area (Å²) in [6.07, 6.45) is 0.969. The number of hydrogen-bond donors (Lipinski definition) is 1. The molecule has 0 bridgehead atoms. The molecular weight excluding hydrogens is 166 g/mol. The molecule has 0 aromatic carbocycles.